The molecule has 0 unspecified atom stereocenters. The first-order valence-corrected chi connectivity index (χ1v) is 13.1. The number of rotatable bonds is 5. The minimum atomic E-state index is -0.157. The number of carbonyl (C=O) groups excluding carboxylic acids is 1. The lowest BCUT2D eigenvalue weighted by molar-refractivity contribution is 0.0734. The molecule has 5 aromatic rings. The molecule has 2 aromatic heterocycles. The molecule has 0 radical (unpaired) electrons. The summed E-state index contributed by atoms with van der Waals surface area (Å²) in [5.74, 6) is 1.76. The standard InChI is InChI=1S/C32H29N5O2/c1-22-7-9-24(10-8-22)30-28(23-11-13-27(39-2)14-12-23)21-34-31(35-30)32(38)37-17-15-36(16-18-37)29-19-25-5-3-4-6-26(25)20-33-29/h3-14,19-21H,15-18H2,1-2H3. The van der Waals surface area contributed by atoms with Crippen molar-refractivity contribution in [2.75, 3.05) is 38.2 Å². The van der Waals surface area contributed by atoms with Crippen molar-refractivity contribution in [2.45, 2.75) is 6.92 Å². The lowest BCUT2D eigenvalue weighted by atomic mass is 10.00. The van der Waals surface area contributed by atoms with Gasteiger partial charge in [0.1, 0.15) is 11.6 Å². The number of fused-ring (bicyclic) bond motifs is 1. The summed E-state index contributed by atoms with van der Waals surface area (Å²) >= 11 is 0. The van der Waals surface area contributed by atoms with Crippen LogP contribution in [0.15, 0.2) is 91.3 Å². The maximum atomic E-state index is 13.5. The zero-order valence-corrected chi connectivity index (χ0v) is 22.0. The number of pyridine rings is 1. The zero-order chi connectivity index (χ0) is 26.8. The number of aromatic nitrogens is 3. The maximum Gasteiger partial charge on any atom is 0.291 e. The van der Waals surface area contributed by atoms with Crippen LogP contribution in [-0.2, 0) is 0 Å². The van der Waals surface area contributed by atoms with Gasteiger partial charge >= 0.3 is 0 Å². The molecule has 0 spiro atoms. The van der Waals surface area contributed by atoms with Crippen molar-refractivity contribution in [3.05, 3.63) is 103 Å². The first-order chi connectivity index (χ1) is 19.1. The van der Waals surface area contributed by atoms with E-state index in [0.717, 1.165) is 50.3 Å². The second-order valence-corrected chi connectivity index (χ2v) is 9.72. The van der Waals surface area contributed by atoms with Crippen LogP contribution in [-0.4, -0.2) is 59.0 Å². The van der Waals surface area contributed by atoms with Crippen LogP contribution in [0.3, 0.4) is 0 Å². The Morgan fingerprint density at radius 1 is 0.795 bits per heavy atom. The summed E-state index contributed by atoms with van der Waals surface area (Å²) in [6.45, 7) is 4.61. The molecule has 1 saturated heterocycles. The Hall–Kier alpha value is -4.78. The third-order valence-electron chi connectivity index (χ3n) is 7.21. The van der Waals surface area contributed by atoms with Crippen LogP contribution in [0.5, 0.6) is 5.75 Å². The van der Waals surface area contributed by atoms with Gasteiger partial charge in [0.25, 0.3) is 5.91 Å². The zero-order valence-electron chi connectivity index (χ0n) is 22.0. The van der Waals surface area contributed by atoms with Gasteiger partial charge in [-0.1, -0.05) is 66.2 Å². The molecule has 6 rings (SSSR count). The van der Waals surface area contributed by atoms with Gasteiger partial charge in [-0.2, -0.15) is 0 Å². The summed E-state index contributed by atoms with van der Waals surface area (Å²) in [5.41, 5.74) is 4.66. The monoisotopic (exact) mass is 515 g/mol. The predicted octanol–water partition coefficient (Wildman–Crippen LogP) is 5.64. The molecular weight excluding hydrogens is 486 g/mol. The highest BCUT2D eigenvalue weighted by Crippen LogP contribution is 2.31. The van der Waals surface area contributed by atoms with Gasteiger partial charge in [-0.05, 0) is 36.1 Å². The molecule has 39 heavy (non-hydrogen) atoms. The number of carbonyl (C=O) groups is 1. The topological polar surface area (TPSA) is 71.5 Å². The Bertz CT molecular complexity index is 1630. The average Bonchev–Trinajstić information content (AvgIpc) is 3.01. The van der Waals surface area contributed by atoms with E-state index in [1.54, 1.807) is 13.3 Å². The summed E-state index contributed by atoms with van der Waals surface area (Å²) in [7, 11) is 1.65. The molecule has 3 heterocycles. The van der Waals surface area contributed by atoms with Gasteiger partial charge in [0.15, 0.2) is 0 Å². The second kappa shape index (κ2) is 10.5. The molecule has 194 valence electrons. The molecule has 1 amide bonds. The molecule has 3 aromatic carbocycles. The van der Waals surface area contributed by atoms with Gasteiger partial charge < -0.3 is 14.5 Å². The highest BCUT2D eigenvalue weighted by atomic mass is 16.5. The normalized spacial score (nSPS) is 13.5. The molecule has 0 aliphatic carbocycles. The molecule has 7 heteroatoms. The minimum Gasteiger partial charge on any atom is -0.497 e. The second-order valence-electron chi connectivity index (χ2n) is 9.72. The van der Waals surface area contributed by atoms with Crippen molar-refractivity contribution in [3.63, 3.8) is 0 Å². The predicted molar refractivity (Wildman–Crippen MR) is 154 cm³/mol. The number of piperazine rings is 1. The molecule has 1 fully saturated rings. The van der Waals surface area contributed by atoms with E-state index in [1.165, 1.54) is 0 Å². The van der Waals surface area contributed by atoms with Crippen molar-refractivity contribution < 1.29 is 9.53 Å². The van der Waals surface area contributed by atoms with Crippen molar-refractivity contribution in [1.29, 1.82) is 0 Å². The molecule has 1 aliphatic heterocycles. The maximum absolute atomic E-state index is 13.5. The number of nitrogens with zero attached hydrogens (tertiary/aromatic N) is 5. The average molecular weight is 516 g/mol. The van der Waals surface area contributed by atoms with Gasteiger partial charge in [-0.25, -0.2) is 15.0 Å². The number of benzene rings is 3. The third kappa shape index (κ3) is 5.03. The van der Waals surface area contributed by atoms with E-state index in [-0.39, 0.29) is 11.7 Å². The largest absolute Gasteiger partial charge is 0.497 e. The number of anilines is 1. The fraction of sp³-hybridized carbons (Fsp3) is 0.188. The highest BCUT2D eigenvalue weighted by Gasteiger charge is 2.26. The van der Waals surface area contributed by atoms with Crippen molar-refractivity contribution in [3.8, 4) is 28.1 Å². The number of methoxy groups -OCH3 is 1. The fourth-order valence-electron chi connectivity index (χ4n) is 4.92. The molecule has 0 saturated carbocycles. The van der Waals surface area contributed by atoms with Gasteiger partial charge in [0.05, 0.1) is 12.8 Å². The quantitative estimate of drug-likeness (QED) is 0.302. The fourth-order valence-corrected chi connectivity index (χ4v) is 4.92. The number of amides is 1. The Kier molecular flexibility index (Phi) is 6.63. The Balaban J connectivity index is 1.25. The Labute approximate surface area is 227 Å². The van der Waals surface area contributed by atoms with Crippen molar-refractivity contribution >= 4 is 22.5 Å². The summed E-state index contributed by atoms with van der Waals surface area (Å²) in [4.78, 5) is 31.6. The smallest absolute Gasteiger partial charge is 0.291 e. The summed E-state index contributed by atoms with van der Waals surface area (Å²) in [6.07, 6.45) is 3.67. The van der Waals surface area contributed by atoms with Crippen LogP contribution < -0.4 is 9.64 Å². The van der Waals surface area contributed by atoms with Crippen LogP contribution in [0.2, 0.25) is 0 Å². The minimum absolute atomic E-state index is 0.157. The Morgan fingerprint density at radius 2 is 1.49 bits per heavy atom. The van der Waals surface area contributed by atoms with E-state index in [9.17, 15) is 4.79 Å². The molecule has 0 bridgehead atoms. The van der Waals surface area contributed by atoms with Crippen LogP contribution in [0.4, 0.5) is 5.82 Å². The van der Waals surface area contributed by atoms with Crippen LogP contribution in [0.25, 0.3) is 33.2 Å². The van der Waals surface area contributed by atoms with Crippen molar-refractivity contribution in [2.24, 2.45) is 0 Å². The van der Waals surface area contributed by atoms with Gasteiger partial charge in [-0.3, -0.25) is 4.79 Å². The number of hydrogen-bond acceptors (Lipinski definition) is 6. The third-order valence-corrected chi connectivity index (χ3v) is 7.21. The van der Waals surface area contributed by atoms with E-state index in [4.69, 9.17) is 9.72 Å². The number of hydrogen-bond donors (Lipinski definition) is 0. The van der Waals surface area contributed by atoms with Crippen LogP contribution in [0.1, 0.15) is 16.2 Å². The van der Waals surface area contributed by atoms with Gasteiger partial charge in [-0.15, -0.1) is 0 Å². The molecule has 0 N–H and O–H groups in total. The van der Waals surface area contributed by atoms with E-state index in [2.05, 4.69) is 52.1 Å². The first kappa shape index (κ1) is 24.6. The summed E-state index contributed by atoms with van der Waals surface area (Å²) in [6, 6.07) is 26.3. The van der Waals surface area contributed by atoms with Crippen LogP contribution >= 0.6 is 0 Å². The van der Waals surface area contributed by atoms with Crippen molar-refractivity contribution in [1.82, 2.24) is 19.9 Å². The summed E-state index contributed by atoms with van der Waals surface area (Å²) < 4.78 is 5.32. The Morgan fingerprint density at radius 3 is 2.21 bits per heavy atom. The van der Waals surface area contributed by atoms with Gasteiger partial charge in [0.2, 0.25) is 5.82 Å². The molecular formula is C32H29N5O2. The van der Waals surface area contributed by atoms with E-state index in [0.29, 0.717) is 26.2 Å². The lowest BCUT2D eigenvalue weighted by Crippen LogP contribution is -2.49. The molecule has 1 aliphatic rings. The SMILES string of the molecule is COc1ccc(-c2cnc(C(=O)N3CCN(c4cc5ccccc5cn4)CC3)nc2-c2ccc(C)cc2)cc1. The number of ether oxygens (including phenoxy) is 1. The number of aryl methyl sites for hydroxylation is 1. The van der Waals surface area contributed by atoms with Gasteiger partial charge in [0, 0.05) is 55.1 Å². The van der Waals surface area contributed by atoms with E-state index in [1.807, 2.05) is 59.6 Å². The lowest BCUT2D eigenvalue weighted by Gasteiger charge is -2.35. The molecule has 0 atom stereocenters. The first-order valence-electron chi connectivity index (χ1n) is 13.1. The van der Waals surface area contributed by atoms with Crippen LogP contribution in [0, 0.1) is 6.92 Å². The van der Waals surface area contributed by atoms with E-state index < -0.39 is 0 Å². The van der Waals surface area contributed by atoms with E-state index >= 15 is 0 Å². The molecule has 7 nitrogen and oxygen atoms in total. The highest BCUT2D eigenvalue weighted by molar-refractivity contribution is 5.92. The summed E-state index contributed by atoms with van der Waals surface area (Å²) in [5, 5.41) is 2.28.